The molecule has 1 amide bonds. The summed E-state index contributed by atoms with van der Waals surface area (Å²) in [6, 6.07) is 18.3. The molecule has 0 aliphatic heterocycles. The van der Waals surface area contributed by atoms with Gasteiger partial charge in [0.15, 0.2) is 0 Å². The highest BCUT2D eigenvalue weighted by Gasteiger charge is 2.18. The van der Waals surface area contributed by atoms with Crippen molar-refractivity contribution in [3.8, 4) is 0 Å². The van der Waals surface area contributed by atoms with Gasteiger partial charge in [-0.25, -0.2) is 4.98 Å². The molecule has 4 rings (SSSR count). The maximum atomic E-state index is 12.7. The second-order valence-corrected chi connectivity index (χ2v) is 7.68. The van der Waals surface area contributed by atoms with Crippen molar-refractivity contribution in [2.24, 2.45) is 0 Å². The topological polar surface area (TPSA) is 64.0 Å². The lowest BCUT2D eigenvalue weighted by atomic mass is 10.1. The Labute approximate surface area is 170 Å². The van der Waals surface area contributed by atoms with Gasteiger partial charge in [0, 0.05) is 9.90 Å². The largest absolute Gasteiger partial charge is 0.343 e. The number of fused-ring (bicyclic) bond motifs is 1. The number of aromatic nitrogens is 2. The molecule has 0 fully saturated rings. The Morgan fingerprint density at radius 1 is 1.14 bits per heavy atom. The van der Waals surface area contributed by atoms with Gasteiger partial charge in [0.2, 0.25) is 5.91 Å². The summed E-state index contributed by atoms with van der Waals surface area (Å²) in [5.74, 6) is -0.271. The van der Waals surface area contributed by atoms with Crippen LogP contribution in [0.1, 0.15) is 16.5 Å². The number of nitrogens with one attached hydrogen (secondary N) is 1. The number of amides is 1. The van der Waals surface area contributed by atoms with Crippen molar-refractivity contribution < 1.29 is 4.79 Å². The molecule has 5 nitrogen and oxygen atoms in total. The molecule has 0 aliphatic rings. The highest BCUT2D eigenvalue weighted by atomic mass is 35.5. The Hall–Kier alpha value is -2.96. The predicted molar refractivity (Wildman–Crippen MR) is 112 cm³/mol. The van der Waals surface area contributed by atoms with Gasteiger partial charge < -0.3 is 5.32 Å². The van der Waals surface area contributed by atoms with E-state index >= 15 is 0 Å². The van der Waals surface area contributed by atoms with Gasteiger partial charge in [0.1, 0.15) is 6.54 Å². The highest BCUT2D eigenvalue weighted by molar-refractivity contribution is 7.10. The van der Waals surface area contributed by atoms with Crippen LogP contribution in [-0.2, 0) is 11.3 Å². The van der Waals surface area contributed by atoms with Gasteiger partial charge in [0.25, 0.3) is 5.56 Å². The fourth-order valence-corrected chi connectivity index (χ4v) is 4.00. The van der Waals surface area contributed by atoms with E-state index in [9.17, 15) is 9.59 Å². The van der Waals surface area contributed by atoms with Gasteiger partial charge in [-0.3, -0.25) is 14.2 Å². The Balaban J connectivity index is 1.60. The zero-order valence-electron chi connectivity index (χ0n) is 14.7. The molecule has 0 bridgehead atoms. The number of carbonyl (C=O) groups is 1. The third-order valence-electron chi connectivity index (χ3n) is 4.37. The first-order valence-corrected chi connectivity index (χ1v) is 9.90. The minimum atomic E-state index is -0.296. The third-order valence-corrected chi connectivity index (χ3v) is 5.54. The summed E-state index contributed by atoms with van der Waals surface area (Å²) >= 11 is 7.56. The quantitative estimate of drug-likeness (QED) is 0.541. The lowest BCUT2D eigenvalue weighted by Gasteiger charge is -2.18. The molecule has 1 unspecified atom stereocenters. The van der Waals surface area contributed by atoms with Gasteiger partial charge in [-0.1, -0.05) is 48.0 Å². The van der Waals surface area contributed by atoms with Crippen LogP contribution in [-0.4, -0.2) is 15.5 Å². The van der Waals surface area contributed by atoms with Crippen LogP contribution in [0.4, 0.5) is 0 Å². The van der Waals surface area contributed by atoms with Crippen molar-refractivity contribution >= 4 is 39.7 Å². The first-order valence-electron chi connectivity index (χ1n) is 8.64. The van der Waals surface area contributed by atoms with Crippen LogP contribution in [0.15, 0.2) is 77.2 Å². The molecule has 0 saturated carbocycles. The Bertz CT molecular complexity index is 1170. The maximum absolute atomic E-state index is 12.7. The summed E-state index contributed by atoms with van der Waals surface area (Å²) in [6.07, 6.45) is 1.39. The number of carbonyl (C=O) groups excluding carboxylic acids is 1. The monoisotopic (exact) mass is 409 g/mol. The molecule has 4 aromatic rings. The number of halogens is 1. The molecule has 2 aromatic carbocycles. The first kappa shape index (κ1) is 18.4. The summed E-state index contributed by atoms with van der Waals surface area (Å²) in [4.78, 5) is 30.7. The SMILES string of the molecule is O=C(Cn1cnc2ccc(Cl)cc2c1=O)NC(c1ccccc1)c1cccs1. The molecule has 2 aromatic heterocycles. The van der Waals surface area contributed by atoms with Crippen molar-refractivity contribution in [1.82, 2.24) is 14.9 Å². The summed E-state index contributed by atoms with van der Waals surface area (Å²) in [5, 5.41) is 5.84. The van der Waals surface area contributed by atoms with E-state index in [1.54, 1.807) is 29.5 Å². The van der Waals surface area contributed by atoms with E-state index in [1.165, 1.54) is 10.9 Å². The van der Waals surface area contributed by atoms with Crippen molar-refractivity contribution in [1.29, 1.82) is 0 Å². The number of hydrogen-bond acceptors (Lipinski definition) is 4. The van der Waals surface area contributed by atoms with Gasteiger partial charge in [0.05, 0.1) is 23.3 Å². The number of rotatable bonds is 5. The molecule has 140 valence electrons. The normalized spacial score (nSPS) is 12.0. The molecule has 2 heterocycles. The number of benzene rings is 2. The van der Waals surface area contributed by atoms with Crippen LogP contribution >= 0.6 is 22.9 Å². The van der Waals surface area contributed by atoms with Crippen LogP contribution in [0.2, 0.25) is 5.02 Å². The third kappa shape index (κ3) is 3.83. The minimum absolute atomic E-state index is 0.122. The number of hydrogen-bond donors (Lipinski definition) is 1. The van der Waals surface area contributed by atoms with Crippen molar-refractivity contribution in [3.05, 3.63) is 98.2 Å². The molecule has 7 heteroatoms. The average Bonchev–Trinajstić information content (AvgIpc) is 3.24. The van der Waals surface area contributed by atoms with Crippen LogP contribution < -0.4 is 10.9 Å². The summed E-state index contributed by atoms with van der Waals surface area (Å²) < 4.78 is 1.30. The summed E-state index contributed by atoms with van der Waals surface area (Å²) in [5.41, 5.74) is 1.23. The van der Waals surface area contributed by atoms with E-state index in [-0.39, 0.29) is 24.1 Å². The maximum Gasteiger partial charge on any atom is 0.261 e. The second kappa shape index (κ2) is 7.96. The molecule has 0 aliphatic carbocycles. The van der Waals surface area contributed by atoms with Crippen LogP contribution in [0.25, 0.3) is 10.9 Å². The molecule has 1 N–H and O–H groups in total. The number of nitrogens with zero attached hydrogens (tertiary/aromatic N) is 2. The van der Waals surface area contributed by atoms with Crippen LogP contribution in [0, 0.1) is 0 Å². The highest BCUT2D eigenvalue weighted by Crippen LogP contribution is 2.25. The van der Waals surface area contributed by atoms with E-state index in [1.807, 2.05) is 47.8 Å². The molecular formula is C21H16ClN3O2S. The Morgan fingerprint density at radius 2 is 1.96 bits per heavy atom. The molecular weight excluding hydrogens is 394 g/mol. The van der Waals surface area contributed by atoms with E-state index in [0.717, 1.165) is 10.4 Å². The molecule has 0 radical (unpaired) electrons. The average molecular weight is 410 g/mol. The zero-order valence-corrected chi connectivity index (χ0v) is 16.3. The van der Waals surface area contributed by atoms with Crippen molar-refractivity contribution in [2.75, 3.05) is 0 Å². The first-order chi connectivity index (χ1) is 13.6. The molecule has 0 spiro atoms. The summed E-state index contributed by atoms with van der Waals surface area (Å²) in [6.45, 7) is -0.122. The molecule has 28 heavy (non-hydrogen) atoms. The van der Waals surface area contributed by atoms with E-state index < -0.39 is 0 Å². The molecule has 1 atom stereocenters. The summed E-state index contributed by atoms with van der Waals surface area (Å²) in [7, 11) is 0. The predicted octanol–water partition coefficient (Wildman–Crippen LogP) is 4.02. The van der Waals surface area contributed by atoms with E-state index in [4.69, 9.17) is 11.6 Å². The second-order valence-electron chi connectivity index (χ2n) is 6.27. The van der Waals surface area contributed by atoms with Gasteiger partial charge >= 0.3 is 0 Å². The fourth-order valence-electron chi connectivity index (χ4n) is 3.02. The van der Waals surface area contributed by atoms with Crippen LogP contribution in [0.3, 0.4) is 0 Å². The van der Waals surface area contributed by atoms with Gasteiger partial charge in [-0.2, -0.15) is 0 Å². The van der Waals surface area contributed by atoms with E-state index in [2.05, 4.69) is 10.3 Å². The van der Waals surface area contributed by atoms with Crippen molar-refractivity contribution in [2.45, 2.75) is 12.6 Å². The van der Waals surface area contributed by atoms with Gasteiger partial charge in [-0.05, 0) is 35.2 Å². The standard InChI is InChI=1S/C21H16ClN3O2S/c22-15-8-9-17-16(11-15)21(27)25(13-23-17)12-19(26)24-20(18-7-4-10-28-18)14-5-2-1-3-6-14/h1-11,13,20H,12H2,(H,24,26). The van der Waals surface area contributed by atoms with E-state index in [0.29, 0.717) is 15.9 Å². The fraction of sp³-hybridized carbons (Fsp3) is 0.0952. The lowest BCUT2D eigenvalue weighted by Crippen LogP contribution is -2.35. The smallest absolute Gasteiger partial charge is 0.261 e. The minimum Gasteiger partial charge on any atom is -0.343 e. The lowest BCUT2D eigenvalue weighted by molar-refractivity contribution is -0.122. The van der Waals surface area contributed by atoms with Crippen molar-refractivity contribution in [3.63, 3.8) is 0 Å². The van der Waals surface area contributed by atoms with Gasteiger partial charge in [-0.15, -0.1) is 11.3 Å². The van der Waals surface area contributed by atoms with Crippen LogP contribution in [0.5, 0.6) is 0 Å². The number of thiophene rings is 1. The Kier molecular flexibility index (Phi) is 5.23. The molecule has 0 saturated heterocycles. The Morgan fingerprint density at radius 3 is 2.71 bits per heavy atom. The zero-order chi connectivity index (χ0) is 19.5.